The lowest BCUT2D eigenvalue weighted by molar-refractivity contribution is 0.976. The maximum atomic E-state index is 6.05. The molecule has 0 spiro atoms. The third kappa shape index (κ3) is 1.50. The minimum Gasteiger partial charge on any atom is -0.344 e. The number of hydrogen-bond acceptors (Lipinski definition) is 1. The average molecular weight is 229 g/mol. The molecule has 1 aromatic heterocycles. The van der Waals surface area contributed by atoms with Crippen LogP contribution in [-0.2, 0) is 6.42 Å². The maximum Gasteiger partial charge on any atom is 0.110 e. The summed E-state index contributed by atoms with van der Waals surface area (Å²) in [5, 5.41) is 2.39. The molecule has 2 rings (SSSR count). The normalized spacial score (nSPS) is 11.1. The Bertz CT molecular complexity index is 462. The molecule has 3 N–H and O–H groups in total. The molecule has 2 aromatic rings. The zero-order valence-electron chi connectivity index (χ0n) is 7.48. The number of hydrogen-bond donors (Lipinski definition) is 2. The molecule has 0 bridgehead atoms. The van der Waals surface area contributed by atoms with E-state index in [4.69, 9.17) is 28.9 Å². The van der Waals surface area contributed by atoms with Gasteiger partial charge in [-0.25, -0.2) is 0 Å². The van der Waals surface area contributed by atoms with Crippen molar-refractivity contribution in [3.8, 4) is 0 Å². The van der Waals surface area contributed by atoms with Gasteiger partial charge >= 0.3 is 0 Å². The van der Waals surface area contributed by atoms with E-state index in [0.29, 0.717) is 16.7 Å². The van der Waals surface area contributed by atoms with E-state index in [1.54, 1.807) is 0 Å². The van der Waals surface area contributed by atoms with E-state index in [9.17, 15) is 0 Å². The molecular weight excluding hydrogens is 219 g/mol. The Hall–Kier alpha value is -0.700. The first-order chi connectivity index (χ1) is 6.74. The maximum absolute atomic E-state index is 6.05. The summed E-state index contributed by atoms with van der Waals surface area (Å²) in [6.07, 6.45) is 0.763. The summed E-state index contributed by atoms with van der Waals surface area (Å²) < 4.78 is 0. The van der Waals surface area contributed by atoms with Gasteiger partial charge in [0.1, 0.15) is 5.15 Å². The van der Waals surface area contributed by atoms with Crippen LogP contribution in [0.5, 0.6) is 0 Å². The van der Waals surface area contributed by atoms with Crippen molar-refractivity contribution in [2.75, 3.05) is 6.54 Å². The van der Waals surface area contributed by atoms with Crippen LogP contribution in [0.2, 0.25) is 10.2 Å². The molecule has 0 aliphatic carbocycles. The van der Waals surface area contributed by atoms with Crippen molar-refractivity contribution in [1.82, 2.24) is 4.98 Å². The van der Waals surface area contributed by atoms with Crippen LogP contribution in [0.4, 0.5) is 0 Å². The van der Waals surface area contributed by atoms with E-state index < -0.39 is 0 Å². The van der Waals surface area contributed by atoms with Gasteiger partial charge in [-0.05, 0) is 24.6 Å². The minimum atomic E-state index is 0.583. The number of benzene rings is 1. The van der Waals surface area contributed by atoms with Crippen LogP contribution in [0.25, 0.3) is 10.9 Å². The third-order valence-corrected chi connectivity index (χ3v) is 2.87. The second kappa shape index (κ2) is 3.81. The number of para-hydroxylation sites is 1. The molecule has 2 nitrogen and oxygen atoms in total. The van der Waals surface area contributed by atoms with E-state index in [0.717, 1.165) is 22.9 Å². The van der Waals surface area contributed by atoms with Crippen LogP contribution < -0.4 is 5.73 Å². The number of aromatic nitrogens is 1. The van der Waals surface area contributed by atoms with Gasteiger partial charge in [-0.2, -0.15) is 0 Å². The van der Waals surface area contributed by atoms with Gasteiger partial charge in [0.25, 0.3) is 0 Å². The van der Waals surface area contributed by atoms with E-state index in [1.165, 1.54) is 0 Å². The van der Waals surface area contributed by atoms with E-state index in [1.807, 2.05) is 18.2 Å². The largest absolute Gasteiger partial charge is 0.344 e. The van der Waals surface area contributed by atoms with Gasteiger partial charge in [-0.1, -0.05) is 35.3 Å². The standard InChI is InChI=1S/C10H10Cl2N2/c11-8-3-1-2-6-7(4-5-13)10(12)14-9(6)8/h1-3,14H,4-5,13H2. The summed E-state index contributed by atoms with van der Waals surface area (Å²) in [7, 11) is 0. The SMILES string of the molecule is NCCc1c(Cl)[nH]c2c(Cl)cccc12. The molecule has 0 radical (unpaired) electrons. The van der Waals surface area contributed by atoms with Gasteiger partial charge in [-0.15, -0.1) is 0 Å². The molecule has 74 valence electrons. The molecule has 0 atom stereocenters. The molecule has 0 aliphatic heterocycles. The van der Waals surface area contributed by atoms with Crippen molar-refractivity contribution in [2.24, 2.45) is 5.73 Å². The van der Waals surface area contributed by atoms with Gasteiger partial charge in [0, 0.05) is 5.39 Å². The molecule has 4 heteroatoms. The van der Waals surface area contributed by atoms with E-state index in [-0.39, 0.29) is 0 Å². The Morgan fingerprint density at radius 3 is 2.79 bits per heavy atom. The predicted octanol–water partition coefficient (Wildman–Crippen LogP) is 2.98. The molecule has 0 saturated carbocycles. The fourth-order valence-corrected chi connectivity index (χ4v) is 2.11. The lowest BCUT2D eigenvalue weighted by atomic mass is 10.1. The fourth-order valence-electron chi connectivity index (χ4n) is 1.59. The number of rotatable bonds is 2. The highest BCUT2D eigenvalue weighted by Crippen LogP contribution is 2.30. The van der Waals surface area contributed by atoms with Crippen LogP contribution in [-0.4, -0.2) is 11.5 Å². The quantitative estimate of drug-likeness (QED) is 0.816. The summed E-state index contributed by atoms with van der Waals surface area (Å²) in [6.45, 7) is 0.583. The lowest BCUT2D eigenvalue weighted by Gasteiger charge is -1.96. The number of nitrogens with one attached hydrogen (secondary N) is 1. The Labute approximate surface area is 92.0 Å². The molecule has 14 heavy (non-hydrogen) atoms. The van der Waals surface area contributed by atoms with Gasteiger partial charge < -0.3 is 10.7 Å². The number of halogens is 2. The fraction of sp³-hybridized carbons (Fsp3) is 0.200. The Kier molecular flexibility index (Phi) is 2.68. The first kappa shape index (κ1) is 9.84. The van der Waals surface area contributed by atoms with E-state index >= 15 is 0 Å². The Morgan fingerprint density at radius 2 is 2.07 bits per heavy atom. The van der Waals surface area contributed by atoms with Crippen molar-refractivity contribution < 1.29 is 0 Å². The van der Waals surface area contributed by atoms with Crippen LogP contribution >= 0.6 is 23.2 Å². The van der Waals surface area contributed by atoms with E-state index in [2.05, 4.69) is 4.98 Å². The summed E-state index contributed by atoms with van der Waals surface area (Å²) in [4.78, 5) is 3.06. The predicted molar refractivity (Wildman–Crippen MR) is 61.1 cm³/mol. The lowest BCUT2D eigenvalue weighted by Crippen LogP contribution is -2.02. The molecule has 0 saturated heterocycles. The highest BCUT2D eigenvalue weighted by Gasteiger charge is 2.10. The van der Waals surface area contributed by atoms with Crippen molar-refractivity contribution in [2.45, 2.75) is 6.42 Å². The van der Waals surface area contributed by atoms with Gasteiger partial charge in [-0.3, -0.25) is 0 Å². The molecular formula is C10H10Cl2N2. The molecule has 1 heterocycles. The van der Waals surface area contributed by atoms with Gasteiger partial charge in [0.05, 0.1) is 10.5 Å². The first-order valence-electron chi connectivity index (χ1n) is 4.38. The minimum absolute atomic E-state index is 0.583. The second-order valence-corrected chi connectivity index (χ2v) is 3.90. The van der Waals surface area contributed by atoms with Crippen molar-refractivity contribution in [3.63, 3.8) is 0 Å². The third-order valence-electron chi connectivity index (χ3n) is 2.23. The first-order valence-corrected chi connectivity index (χ1v) is 5.14. The van der Waals surface area contributed by atoms with Crippen molar-refractivity contribution in [1.29, 1.82) is 0 Å². The van der Waals surface area contributed by atoms with Gasteiger partial charge in [0.15, 0.2) is 0 Å². The molecule has 0 amide bonds. The number of nitrogens with two attached hydrogens (primary N) is 1. The second-order valence-electron chi connectivity index (χ2n) is 3.12. The zero-order valence-corrected chi connectivity index (χ0v) is 8.99. The van der Waals surface area contributed by atoms with Crippen LogP contribution in [0.3, 0.4) is 0 Å². The smallest absolute Gasteiger partial charge is 0.110 e. The van der Waals surface area contributed by atoms with Crippen LogP contribution in [0, 0.1) is 0 Å². The average Bonchev–Trinajstić information content (AvgIpc) is 2.47. The van der Waals surface area contributed by atoms with Crippen LogP contribution in [0.1, 0.15) is 5.56 Å². The molecule has 1 aromatic carbocycles. The molecule has 0 aliphatic rings. The van der Waals surface area contributed by atoms with Crippen molar-refractivity contribution >= 4 is 34.1 Å². The molecule has 0 unspecified atom stereocenters. The van der Waals surface area contributed by atoms with Gasteiger partial charge in [0.2, 0.25) is 0 Å². The monoisotopic (exact) mass is 228 g/mol. The summed E-state index contributed by atoms with van der Waals surface area (Å²) in [6, 6.07) is 5.74. The Balaban J connectivity index is 2.70. The Morgan fingerprint density at radius 1 is 1.29 bits per heavy atom. The van der Waals surface area contributed by atoms with Crippen LogP contribution in [0.15, 0.2) is 18.2 Å². The molecule has 0 fully saturated rings. The topological polar surface area (TPSA) is 41.8 Å². The summed E-state index contributed by atoms with van der Waals surface area (Å²) >= 11 is 12.1. The zero-order chi connectivity index (χ0) is 10.1. The number of fused-ring (bicyclic) bond motifs is 1. The highest BCUT2D eigenvalue weighted by molar-refractivity contribution is 6.37. The summed E-state index contributed by atoms with van der Waals surface area (Å²) in [5.41, 5.74) is 7.45. The number of aromatic amines is 1. The number of H-pyrrole nitrogens is 1. The van der Waals surface area contributed by atoms with Crippen molar-refractivity contribution in [3.05, 3.63) is 33.9 Å². The summed E-state index contributed by atoms with van der Waals surface area (Å²) in [5.74, 6) is 0. The highest BCUT2D eigenvalue weighted by atomic mass is 35.5.